The summed E-state index contributed by atoms with van der Waals surface area (Å²) in [4.78, 5) is 23.7. The first-order valence-corrected chi connectivity index (χ1v) is 4.97. The van der Waals surface area contributed by atoms with Gasteiger partial charge in [-0.3, -0.25) is 4.79 Å². The first kappa shape index (κ1) is 13.7. The van der Waals surface area contributed by atoms with Crippen LogP contribution in [0.1, 0.15) is 13.3 Å². The number of rotatable bonds is 5. The number of nitrogens with two attached hydrogens (primary N) is 1. The van der Waals surface area contributed by atoms with Crippen LogP contribution < -0.4 is 16.4 Å². The van der Waals surface area contributed by atoms with Crippen molar-refractivity contribution in [2.45, 2.75) is 19.4 Å². The topological polar surface area (TPSA) is 87.5 Å². The standard InChI is InChI=1S/C9H20N4O2/c1-4-7(10)8(14)11-5-6-12-9(15)13(2)3/h7H,4-6,10H2,1-3H3,(H,11,14)(H,12,15)/t7-/m0/s1. The summed E-state index contributed by atoms with van der Waals surface area (Å²) in [5.74, 6) is -0.184. The molecule has 0 aliphatic rings. The maximum Gasteiger partial charge on any atom is 0.316 e. The number of hydrogen-bond donors (Lipinski definition) is 3. The molecule has 0 aromatic carbocycles. The average molecular weight is 216 g/mol. The van der Waals surface area contributed by atoms with E-state index >= 15 is 0 Å². The molecule has 0 radical (unpaired) electrons. The Morgan fingerprint density at radius 3 is 2.27 bits per heavy atom. The predicted molar refractivity (Wildman–Crippen MR) is 58.4 cm³/mol. The fourth-order valence-electron chi connectivity index (χ4n) is 0.830. The molecule has 0 unspecified atom stereocenters. The molecule has 0 fully saturated rings. The average Bonchev–Trinajstić information content (AvgIpc) is 2.22. The number of carbonyl (C=O) groups is 2. The summed E-state index contributed by atoms with van der Waals surface area (Å²) in [5, 5.41) is 5.26. The van der Waals surface area contributed by atoms with Gasteiger partial charge in [-0.05, 0) is 6.42 Å². The van der Waals surface area contributed by atoms with Crippen molar-refractivity contribution in [1.82, 2.24) is 15.5 Å². The van der Waals surface area contributed by atoms with Crippen LogP contribution in [0.15, 0.2) is 0 Å². The van der Waals surface area contributed by atoms with E-state index in [2.05, 4.69) is 10.6 Å². The van der Waals surface area contributed by atoms with Crippen LogP contribution in [0, 0.1) is 0 Å². The minimum absolute atomic E-state index is 0.177. The monoisotopic (exact) mass is 216 g/mol. The summed E-state index contributed by atoms with van der Waals surface area (Å²) in [6.45, 7) is 2.64. The van der Waals surface area contributed by atoms with E-state index < -0.39 is 6.04 Å². The lowest BCUT2D eigenvalue weighted by atomic mass is 10.2. The highest BCUT2D eigenvalue weighted by Crippen LogP contribution is 1.84. The lowest BCUT2D eigenvalue weighted by molar-refractivity contribution is -0.122. The maximum absolute atomic E-state index is 11.2. The summed E-state index contributed by atoms with van der Waals surface area (Å²) in [7, 11) is 3.31. The maximum atomic E-state index is 11.2. The summed E-state index contributed by atoms with van der Waals surface area (Å²) in [6, 6.07) is -0.640. The smallest absolute Gasteiger partial charge is 0.316 e. The van der Waals surface area contributed by atoms with E-state index in [4.69, 9.17) is 5.73 Å². The molecule has 4 N–H and O–H groups in total. The molecule has 0 aliphatic carbocycles. The zero-order chi connectivity index (χ0) is 11.8. The lowest BCUT2D eigenvalue weighted by Crippen LogP contribution is -2.44. The molecule has 88 valence electrons. The fraction of sp³-hybridized carbons (Fsp3) is 0.778. The van der Waals surface area contributed by atoms with Crippen molar-refractivity contribution >= 4 is 11.9 Å². The Bertz CT molecular complexity index is 218. The third kappa shape index (κ3) is 5.90. The van der Waals surface area contributed by atoms with Gasteiger partial charge in [-0.2, -0.15) is 0 Å². The third-order valence-corrected chi connectivity index (χ3v) is 1.88. The van der Waals surface area contributed by atoms with Crippen LogP contribution in [0.2, 0.25) is 0 Å². The molecule has 6 nitrogen and oxygen atoms in total. The Hall–Kier alpha value is -1.30. The van der Waals surface area contributed by atoms with Crippen LogP contribution in [0.3, 0.4) is 0 Å². The van der Waals surface area contributed by atoms with Gasteiger partial charge in [0.25, 0.3) is 0 Å². The van der Waals surface area contributed by atoms with E-state index in [9.17, 15) is 9.59 Å². The summed E-state index contributed by atoms with van der Waals surface area (Å²) < 4.78 is 0. The van der Waals surface area contributed by atoms with Crippen LogP contribution in [-0.4, -0.2) is 50.1 Å². The molecule has 1 atom stereocenters. The molecule has 0 rings (SSSR count). The number of carbonyl (C=O) groups excluding carboxylic acids is 2. The van der Waals surface area contributed by atoms with Crippen molar-refractivity contribution in [2.75, 3.05) is 27.2 Å². The van der Waals surface area contributed by atoms with Crippen LogP contribution in [0.5, 0.6) is 0 Å². The van der Waals surface area contributed by atoms with E-state index in [1.165, 1.54) is 4.90 Å². The van der Waals surface area contributed by atoms with Gasteiger partial charge in [-0.1, -0.05) is 6.92 Å². The highest BCUT2D eigenvalue weighted by atomic mass is 16.2. The van der Waals surface area contributed by atoms with E-state index in [-0.39, 0.29) is 11.9 Å². The highest BCUT2D eigenvalue weighted by molar-refractivity contribution is 5.81. The van der Waals surface area contributed by atoms with E-state index in [1.54, 1.807) is 14.1 Å². The Morgan fingerprint density at radius 2 is 1.80 bits per heavy atom. The Balaban J connectivity index is 3.55. The van der Waals surface area contributed by atoms with E-state index in [0.717, 1.165) is 0 Å². The Morgan fingerprint density at radius 1 is 1.27 bits per heavy atom. The second-order valence-corrected chi connectivity index (χ2v) is 3.43. The molecule has 6 heteroatoms. The molecule has 0 aromatic heterocycles. The van der Waals surface area contributed by atoms with Gasteiger partial charge in [-0.15, -0.1) is 0 Å². The molecule has 0 heterocycles. The second kappa shape index (κ2) is 7.05. The van der Waals surface area contributed by atoms with Crippen molar-refractivity contribution < 1.29 is 9.59 Å². The van der Waals surface area contributed by atoms with Crippen LogP contribution in [-0.2, 0) is 4.79 Å². The van der Waals surface area contributed by atoms with Crippen molar-refractivity contribution in [3.63, 3.8) is 0 Å². The molecule has 15 heavy (non-hydrogen) atoms. The molecule has 0 saturated carbocycles. The minimum atomic E-state index is -0.463. The predicted octanol–water partition coefficient (Wildman–Crippen LogP) is -0.889. The number of amides is 3. The van der Waals surface area contributed by atoms with Gasteiger partial charge >= 0.3 is 6.03 Å². The molecule has 0 spiro atoms. The first-order chi connectivity index (χ1) is 6.99. The van der Waals surface area contributed by atoms with Gasteiger partial charge in [-0.25, -0.2) is 4.79 Å². The second-order valence-electron chi connectivity index (χ2n) is 3.43. The Kier molecular flexibility index (Phi) is 6.44. The SMILES string of the molecule is CC[C@H](N)C(=O)NCCNC(=O)N(C)C. The number of urea groups is 1. The van der Waals surface area contributed by atoms with Crippen LogP contribution in [0.4, 0.5) is 4.79 Å². The van der Waals surface area contributed by atoms with Gasteiger partial charge in [0, 0.05) is 27.2 Å². The molecule has 0 bridgehead atoms. The van der Waals surface area contributed by atoms with E-state index in [1.807, 2.05) is 6.92 Å². The highest BCUT2D eigenvalue weighted by Gasteiger charge is 2.09. The van der Waals surface area contributed by atoms with Crippen LogP contribution >= 0.6 is 0 Å². The van der Waals surface area contributed by atoms with Crippen molar-refractivity contribution in [1.29, 1.82) is 0 Å². The zero-order valence-electron chi connectivity index (χ0n) is 9.54. The lowest BCUT2D eigenvalue weighted by Gasteiger charge is -2.13. The fourth-order valence-corrected chi connectivity index (χ4v) is 0.830. The van der Waals surface area contributed by atoms with Gasteiger partial charge in [0.15, 0.2) is 0 Å². The van der Waals surface area contributed by atoms with E-state index in [0.29, 0.717) is 19.5 Å². The normalized spacial score (nSPS) is 11.7. The quantitative estimate of drug-likeness (QED) is 0.521. The number of nitrogens with zero attached hydrogens (tertiary/aromatic N) is 1. The molecular weight excluding hydrogens is 196 g/mol. The van der Waals surface area contributed by atoms with Gasteiger partial charge in [0.05, 0.1) is 6.04 Å². The largest absolute Gasteiger partial charge is 0.353 e. The van der Waals surface area contributed by atoms with Gasteiger partial charge in [0.2, 0.25) is 5.91 Å². The Labute approximate surface area is 90.2 Å². The number of hydrogen-bond acceptors (Lipinski definition) is 3. The zero-order valence-corrected chi connectivity index (χ0v) is 9.54. The van der Waals surface area contributed by atoms with Crippen molar-refractivity contribution in [3.8, 4) is 0 Å². The van der Waals surface area contributed by atoms with Gasteiger partial charge < -0.3 is 21.3 Å². The molecule has 0 aliphatic heterocycles. The number of nitrogens with one attached hydrogen (secondary N) is 2. The molecule has 0 aromatic rings. The summed E-state index contributed by atoms with van der Waals surface area (Å²) >= 11 is 0. The molecular formula is C9H20N4O2. The summed E-state index contributed by atoms with van der Waals surface area (Å²) in [6.07, 6.45) is 0.607. The molecule has 3 amide bonds. The minimum Gasteiger partial charge on any atom is -0.353 e. The van der Waals surface area contributed by atoms with Crippen molar-refractivity contribution in [2.24, 2.45) is 5.73 Å². The summed E-state index contributed by atoms with van der Waals surface area (Å²) in [5.41, 5.74) is 5.50. The third-order valence-electron chi connectivity index (χ3n) is 1.88. The first-order valence-electron chi connectivity index (χ1n) is 4.97. The molecule has 0 saturated heterocycles. The van der Waals surface area contributed by atoms with Gasteiger partial charge in [0.1, 0.15) is 0 Å². The van der Waals surface area contributed by atoms with Crippen molar-refractivity contribution in [3.05, 3.63) is 0 Å². The van der Waals surface area contributed by atoms with Crippen LogP contribution in [0.25, 0.3) is 0 Å².